The van der Waals surface area contributed by atoms with E-state index in [2.05, 4.69) is 130 Å². The Bertz CT molecular complexity index is 1820. The van der Waals surface area contributed by atoms with Gasteiger partial charge in [-0.25, -0.2) is 4.57 Å². The molecule has 0 bridgehead atoms. The van der Waals surface area contributed by atoms with Gasteiger partial charge >= 0.3 is 25.7 Å². The molecule has 0 heterocycles. The molecule has 0 radical (unpaired) electrons. The summed E-state index contributed by atoms with van der Waals surface area (Å²) >= 11 is 0. The highest BCUT2D eigenvalue weighted by molar-refractivity contribution is 7.47. The van der Waals surface area contributed by atoms with Gasteiger partial charge in [0.15, 0.2) is 6.10 Å². The molecule has 11 nitrogen and oxygen atoms in total. The Balaban J connectivity index is 4.85. The summed E-state index contributed by atoms with van der Waals surface area (Å²) in [5.74, 6) is -1.64. The number of hydrogen-bond donors (Lipinski definition) is 2. The minimum atomic E-state index is -4.79. The molecule has 0 rings (SSSR count). The average molecular weight is 1110 g/mol. The monoisotopic (exact) mass is 1110 g/mol. The average Bonchev–Trinajstić information content (AvgIpc) is 3.43. The number of unbranched alkanes of at least 4 members (excludes halogenated alkanes) is 16. The molecule has 3 unspecified atom stereocenters. The van der Waals surface area contributed by atoms with Crippen LogP contribution in [0.25, 0.3) is 0 Å². The van der Waals surface area contributed by atoms with Gasteiger partial charge in [-0.3, -0.25) is 23.4 Å². The lowest BCUT2D eigenvalue weighted by atomic mass is 10.1. The maximum atomic E-state index is 12.9. The molecule has 78 heavy (non-hydrogen) atoms. The summed E-state index contributed by atoms with van der Waals surface area (Å²) in [5, 5.41) is 9.81. The lowest BCUT2D eigenvalue weighted by Crippen LogP contribution is -2.30. The van der Waals surface area contributed by atoms with Gasteiger partial charge < -0.3 is 24.2 Å². The summed E-state index contributed by atoms with van der Waals surface area (Å²) in [4.78, 5) is 48.6. The van der Waals surface area contributed by atoms with E-state index >= 15 is 0 Å². The van der Waals surface area contributed by atoms with Crippen LogP contribution in [0, 0.1) is 0 Å². The van der Waals surface area contributed by atoms with E-state index < -0.39 is 57.8 Å². The van der Waals surface area contributed by atoms with Crippen LogP contribution in [0.2, 0.25) is 0 Å². The molecule has 0 saturated heterocycles. The Hall–Kier alpha value is -4.38. The zero-order chi connectivity index (χ0) is 56.9. The van der Waals surface area contributed by atoms with Gasteiger partial charge in [0.1, 0.15) is 12.7 Å². The number of aliphatic hydroxyl groups excluding tert-OH is 1. The van der Waals surface area contributed by atoms with Crippen LogP contribution in [0.3, 0.4) is 0 Å². The van der Waals surface area contributed by atoms with Crippen molar-refractivity contribution in [2.75, 3.05) is 26.4 Å². The number of allylic oxidation sites excluding steroid dienone is 21. The topological polar surface area (TPSA) is 155 Å². The fraction of sp³-hybridized carbons (Fsp3) is 0.621. The van der Waals surface area contributed by atoms with Crippen molar-refractivity contribution in [2.45, 2.75) is 238 Å². The van der Waals surface area contributed by atoms with Crippen LogP contribution in [0.4, 0.5) is 0 Å². The Morgan fingerprint density at radius 3 is 1.13 bits per heavy atom. The first kappa shape index (κ1) is 73.6. The second-order valence-electron chi connectivity index (χ2n) is 19.4. The Kier molecular flexibility index (Phi) is 55.5. The van der Waals surface area contributed by atoms with Crippen molar-refractivity contribution < 1.29 is 52.2 Å². The molecule has 0 aliphatic rings. The van der Waals surface area contributed by atoms with Crippen LogP contribution in [0.5, 0.6) is 0 Å². The first-order valence-electron chi connectivity index (χ1n) is 30.1. The molecule has 0 amide bonds. The van der Waals surface area contributed by atoms with Crippen molar-refractivity contribution in [3.8, 4) is 0 Å². The second kappa shape index (κ2) is 58.8. The summed E-state index contributed by atoms with van der Waals surface area (Å²) in [7, 11) is -4.79. The maximum absolute atomic E-state index is 12.9. The molecule has 3 atom stereocenters. The molecule has 0 aliphatic carbocycles. The highest BCUT2D eigenvalue weighted by Gasteiger charge is 2.28. The van der Waals surface area contributed by atoms with Gasteiger partial charge in [0, 0.05) is 12.8 Å². The third kappa shape index (κ3) is 56.3. The molecule has 0 fully saturated rings. The van der Waals surface area contributed by atoms with Crippen molar-refractivity contribution in [1.82, 2.24) is 0 Å². The number of aliphatic hydroxyl groups is 1. The summed E-state index contributed by atoms with van der Waals surface area (Å²) < 4.78 is 39.5. The van der Waals surface area contributed by atoms with Crippen molar-refractivity contribution in [3.63, 3.8) is 0 Å². The van der Waals surface area contributed by atoms with Gasteiger partial charge in [-0.15, -0.1) is 0 Å². The Labute approximate surface area is 474 Å². The molecular formula is C66H107O11P. The third-order valence-electron chi connectivity index (χ3n) is 12.1. The lowest BCUT2D eigenvalue weighted by Gasteiger charge is -2.21. The molecule has 0 aromatic carbocycles. The highest BCUT2D eigenvalue weighted by Crippen LogP contribution is 2.43. The minimum absolute atomic E-state index is 0.0630. The summed E-state index contributed by atoms with van der Waals surface area (Å²) in [5.41, 5.74) is 0. The van der Waals surface area contributed by atoms with Crippen molar-refractivity contribution in [2.24, 2.45) is 0 Å². The smallest absolute Gasteiger partial charge is 0.462 e. The molecule has 442 valence electrons. The summed E-state index contributed by atoms with van der Waals surface area (Å²) in [6, 6.07) is 0. The van der Waals surface area contributed by atoms with Crippen LogP contribution < -0.4 is 0 Å². The van der Waals surface area contributed by atoms with Crippen LogP contribution in [-0.4, -0.2) is 66.5 Å². The third-order valence-corrected chi connectivity index (χ3v) is 13.0. The van der Waals surface area contributed by atoms with Crippen LogP contribution in [0.15, 0.2) is 134 Å². The number of rotatable bonds is 54. The van der Waals surface area contributed by atoms with E-state index in [9.17, 15) is 28.9 Å². The van der Waals surface area contributed by atoms with Gasteiger partial charge in [0.2, 0.25) is 0 Å². The zero-order valence-electron chi connectivity index (χ0n) is 48.8. The van der Waals surface area contributed by atoms with Gasteiger partial charge in [0.25, 0.3) is 0 Å². The Morgan fingerprint density at radius 2 is 0.718 bits per heavy atom. The number of carbonyl (C=O) groups excluding carboxylic acids is 3. The largest absolute Gasteiger partial charge is 0.472 e. The van der Waals surface area contributed by atoms with Crippen molar-refractivity contribution >= 4 is 25.7 Å². The summed E-state index contributed by atoms with van der Waals surface area (Å²) in [6.45, 7) is 4.25. The standard InChI is InChI=1S/C66H107O11P/c1-4-7-10-13-16-19-22-25-28-30-31-33-35-37-40-43-46-49-52-55-64(68)73-59-63(77-66(70)57-54-51-48-45-42-39-36-32-29-26-23-20-17-14-11-8-5-2)61-75-78(71,72)74-60-62(58-67)76-65(69)56-53-50-47-44-41-38-34-27-24-21-18-15-12-9-6-3/h8-9,11-12,16-21,25-29,31,33-34,41,44,50,53,62-63,67H,4-7,10,13-15,22-24,30,32,35-40,42-43,45-49,51-52,54-61H2,1-3H3,(H,71,72)/b11-8-,12-9-,19-16-,20-17-,21-18-,28-25-,29-26-,33-31-,34-27-,44-41-,53-50-. The fourth-order valence-electron chi connectivity index (χ4n) is 7.57. The van der Waals surface area contributed by atoms with Crippen molar-refractivity contribution in [3.05, 3.63) is 134 Å². The number of phosphoric acid groups is 1. The SMILES string of the molecule is CC/C=C\C/C=C\C/C=C\C/C=C\C/C=C\CC(=O)OC(CO)COP(=O)(O)OCC(COC(=O)CCCCCCCC/C=C\C/C=C\C/C=C\CCCCC)OC(=O)CCCCCCCCC/C=C\C/C=C\C/C=C\CC. The second-order valence-corrected chi connectivity index (χ2v) is 20.9. The minimum Gasteiger partial charge on any atom is -0.462 e. The number of phosphoric ester groups is 1. The molecule has 0 aromatic heterocycles. The molecule has 0 aromatic rings. The predicted molar refractivity (Wildman–Crippen MR) is 325 cm³/mol. The molecule has 0 aliphatic heterocycles. The van der Waals surface area contributed by atoms with E-state index in [1.807, 2.05) is 18.2 Å². The first-order chi connectivity index (χ1) is 38.2. The molecule has 0 spiro atoms. The van der Waals surface area contributed by atoms with Crippen molar-refractivity contribution in [1.29, 1.82) is 0 Å². The molecule has 2 N–H and O–H groups in total. The van der Waals surface area contributed by atoms with Crippen LogP contribution >= 0.6 is 7.82 Å². The first-order valence-corrected chi connectivity index (χ1v) is 31.6. The number of esters is 3. The van der Waals surface area contributed by atoms with Crippen LogP contribution in [0.1, 0.15) is 226 Å². The fourth-order valence-corrected chi connectivity index (χ4v) is 8.35. The van der Waals surface area contributed by atoms with E-state index in [-0.39, 0.29) is 25.9 Å². The van der Waals surface area contributed by atoms with Crippen LogP contribution in [-0.2, 0) is 42.2 Å². The highest BCUT2D eigenvalue weighted by atomic mass is 31.2. The molecule has 12 heteroatoms. The van der Waals surface area contributed by atoms with E-state index in [1.165, 1.54) is 25.7 Å². The normalized spacial score (nSPS) is 14.3. The predicted octanol–water partition coefficient (Wildman–Crippen LogP) is 18.1. The summed E-state index contributed by atoms with van der Waals surface area (Å²) in [6.07, 6.45) is 74.3. The van der Waals surface area contributed by atoms with Gasteiger partial charge in [-0.2, -0.15) is 0 Å². The molecule has 0 saturated carbocycles. The number of carbonyl (C=O) groups is 3. The van der Waals surface area contributed by atoms with E-state index in [0.29, 0.717) is 19.3 Å². The zero-order valence-corrected chi connectivity index (χ0v) is 49.7. The van der Waals surface area contributed by atoms with Gasteiger partial charge in [-0.05, 0) is 116 Å². The maximum Gasteiger partial charge on any atom is 0.472 e. The number of hydrogen-bond acceptors (Lipinski definition) is 10. The quantitative estimate of drug-likeness (QED) is 0.0197. The van der Waals surface area contributed by atoms with Gasteiger partial charge in [-0.1, -0.05) is 225 Å². The van der Waals surface area contributed by atoms with E-state index in [4.69, 9.17) is 23.3 Å². The number of ether oxygens (including phenoxy) is 3. The Morgan fingerprint density at radius 1 is 0.385 bits per heavy atom. The molecular weight excluding hydrogens is 1000 g/mol. The lowest BCUT2D eigenvalue weighted by molar-refractivity contribution is -0.161. The van der Waals surface area contributed by atoms with E-state index in [1.54, 1.807) is 6.08 Å². The van der Waals surface area contributed by atoms with Gasteiger partial charge in [0.05, 0.1) is 26.2 Å². The van der Waals surface area contributed by atoms with E-state index in [0.717, 1.165) is 141 Å².